The van der Waals surface area contributed by atoms with Crippen molar-refractivity contribution >= 4 is 17.9 Å². The number of hydrogen-bond acceptors (Lipinski definition) is 7. The van der Waals surface area contributed by atoms with Gasteiger partial charge in [0.1, 0.15) is 17.4 Å². The summed E-state index contributed by atoms with van der Waals surface area (Å²) in [4.78, 5) is 35.8. The number of nitrogens with zero attached hydrogens (tertiary/aromatic N) is 1. The maximum atomic E-state index is 12.3. The Hall–Kier alpha value is -2.61. The highest BCUT2D eigenvalue weighted by molar-refractivity contribution is 5.89. The Kier molecular flexibility index (Phi) is 8.91. The maximum absolute atomic E-state index is 12.3. The Morgan fingerprint density at radius 1 is 1.29 bits per heavy atom. The smallest absolute Gasteiger partial charge is 0.464 e. The van der Waals surface area contributed by atoms with E-state index in [1.807, 2.05) is 0 Å². The molecular formula is C20H29NO7. The number of Topliss-reactive ketones (excluding diaryl/α,β-unsaturated/α-hetero) is 1. The molecule has 0 fully saturated rings. The van der Waals surface area contributed by atoms with Crippen molar-refractivity contribution in [2.45, 2.75) is 64.9 Å². The van der Waals surface area contributed by atoms with Crippen LogP contribution >= 0.6 is 0 Å². The monoisotopic (exact) mass is 395 g/mol. The molecule has 1 atom stereocenters. The highest BCUT2D eigenvalue weighted by Gasteiger charge is 2.21. The van der Waals surface area contributed by atoms with E-state index in [4.69, 9.17) is 14.2 Å². The molecule has 28 heavy (non-hydrogen) atoms. The first-order valence-electron chi connectivity index (χ1n) is 9.02. The fourth-order valence-corrected chi connectivity index (χ4v) is 2.50. The first-order valence-corrected chi connectivity index (χ1v) is 9.02. The summed E-state index contributed by atoms with van der Waals surface area (Å²) in [6, 6.07) is 3.08. The van der Waals surface area contributed by atoms with Crippen LogP contribution in [0.25, 0.3) is 0 Å². The van der Waals surface area contributed by atoms with Crippen LogP contribution in [0.3, 0.4) is 0 Å². The first-order chi connectivity index (χ1) is 13.1. The summed E-state index contributed by atoms with van der Waals surface area (Å²) in [5.41, 5.74) is 0.000188. The van der Waals surface area contributed by atoms with Crippen molar-refractivity contribution in [1.82, 2.24) is 4.57 Å². The number of aliphatic hydroxyl groups is 1. The fourth-order valence-electron chi connectivity index (χ4n) is 2.50. The largest absolute Gasteiger partial charge is 0.509 e. The van der Waals surface area contributed by atoms with Gasteiger partial charge in [0.15, 0.2) is 5.78 Å². The highest BCUT2D eigenvalue weighted by atomic mass is 16.7. The molecule has 0 saturated heterocycles. The van der Waals surface area contributed by atoms with Gasteiger partial charge in [-0.25, -0.2) is 9.59 Å². The van der Waals surface area contributed by atoms with E-state index in [0.29, 0.717) is 18.5 Å². The Balaban J connectivity index is 2.56. The summed E-state index contributed by atoms with van der Waals surface area (Å²) >= 11 is 0. The average Bonchev–Trinajstić information content (AvgIpc) is 3.01. The molecule has 1 rings (SSSR count). The van der Waals surface area contributed by atoms with Gasteiger partial charge in [0.2, 0.25) is 0 Å². The minimum atomic E-state index is -0.786. The molecule has 1 heterocycles. The minimum absolute atomic E-state index is 0.0565. The van der Waals surface area contributed by atoms with Gasteiger partial charge in [-0.2, -0.15) is 0 Å². The molecule has 0 aliphatic carbocycles. The average molecular weight is 395 g/mol. The zero-order valence-corrected chi connectivity index (χ0v) is 16.9. The van der Waals surface area contributed by atoms with Crippen LogP contribution in [0.2, 0.25) is 0 Å². The van der Waals surface area contributed by atoms with Crippen molar-refractivity contribution < 1.29 is 33.7 Å². The second-order valence-corrected chi connectivity index (χ2v) is 7.23. The van der Waals surface area contributed by atoms with Gasteiger partial charge < -0.3 is 23.9 Å². The fraction of sp³-hybridized carbons (Fsp3) is 0.550. The third-order valence-corrected chi connectivity index (χ3v) is 3.81. The number of carbonyl (C=O) groups excluding carboxylic acids is 3. The number of carbonyl (C=O) groups is 3. The van der Waals surface area contributed by atoms with E-state index in [9.17, 15) is 19.5 Å². The van der Waals surface area contributed by atoms with Crippen LogP contribution in [-0.4, -0.2) is 46.4 Å². The quantitative estimate of drug-likeness (QED) is 0.480. The van der Waals surface area contributed by atoms with Crippen LogP contribution in [-0.2, 0) is 32.2 Å². The molecule has 0 radical (unpaired) electrons. The predicted molar refractivity (Wildman–Crippen MR) is 102 cm³/mol. The molecule has 8 heteroatoms. The van der Waals surface area contributed by atoms with Crippen molar-refractivity contribution in [1.29, 1.82) is 0 Å². The molecule has 156 valence electrons. The molecule has 0 saturated carbocycles. The SMILES string of the molecule is C=CC(CCCC(=O)Cn1c(CO)ccc1C(=O)OC)OC(=O)OC(C)(C)C. The number of ether oxygens (including phenoxy) is 3. The molecule has 0 aliphatic heterocycles. The van der Waals surface area contributed by atoms with E-state index in [1.54, 1.807) is 26.8 Å². The number of aromatic nitrogens is 1. The third-order valence-electron chi connectivity index (χ3n) is 3.81. The Morgan fingerprint density at radius 2 is 1.96 bits per heavy atom. The van der Waals surface area contributed by atoms with Crippen LogP contribution < -0.4 is 0 Å². The predicted octanol–water partition coefficient (Wildman–Crippen LogP) is 3.01. The Morgan fingerprint density at radius 3 is 2.50 bits per heavy atom. The number of rotatable bonds is 10. The second kappa shape index (κ2) is 10.7. The topological polar surface area (TPSA) is 104 Å². The molecule has 0 spiro atoms. The van der Waals surface area contributed by atoms with Crippen molar-refractivity contribution in [3.8, 4) is 0 Å². The summed E-state index contributed by atoms with van der Waals surface area (Å²) in [5, 5.41) is 9.39. The summed E-state index contributed by atoms with van der Waals surface area (Å²) in [7, 11) is 1.25. The molecule has 0 aromatic carbocycles. The van der Waals surface area contributed by atoms with E-state index in [2.05, 4.69) is 6.58 Å². The number of methoxy groups -OCH3 is 1. The van der Waals surface area contributed by atoms with Crippen molar-refractivity contribution in [3.63, 3.8) is 0 Å². The highest BCUT2D eigenvalue weighted by Crippen LogP contribution is 2.15. The molecule has 8 nitrogen and oxygen atoms in total. The summed E-state index contributed by atoms with van der Waals surface area (Å²) < 4.78 is 16.4. The van der Waals surface area contributed by atoms with Crippen LogP contribution in [0.4, 0.5) is 4.79 Å². The molecule has 0 aliphatic rings. The lowest BCUT2D eigenvalue weighted by atomic mass is 10.1. The van der Waals surface area contributed by atoms with Crippen molar-refractivity contribution in [3.05, 3.63) is 36.2 Å². The van der Waals surface area contributed by atoms with Gasteiger partial charge in [-0.3, -0.25) is 4.79 Å². The zero-order valence-electron chi connectivity index (χ0n) is 16.9. The van der Waals surface area contributed by atoms with E-state index in [0.717, 1.165) is 0 Å². The van der Waals surface area contributed by atoms with Gasteiger partial charge in [-0.15, -0.1) is 0 Å². The lowest BCUT2D eigenvalue weighted by Crippen LogP contribution is -2.27. The van der Waals surface area contributed by atoms with Crippen LogP contribution in [0, 0.1) is 0 Å². The maximum Gasteiger partial charge on any atom is 0.509 e. The zero-order chi connectivity index (χ0) is 21.3. The number of ketones is 1. The molecule has 0 bridgehead atoms. The van der Waals surface area contributed by atoms with E-state index >= 15 is 0 Å². The van der Waals surface area contributed by atoms with Gasteiger partial charge in [-0.1, -0.05) is 12.7 Å². The summed E-state index contributed by atoms with van der Waals surface area (Å²) in [5.74, 6) is -0.707. The van der Waals surface area contributed by atoms with Crippen LogP contribution in [0.1, 0.15) is 56.2 Å². The molecule has 1 unspecified atom stereocenters. The Bertz CT molecular complexity index is 700. The van der Waals surface area contributed by atoms with Crippen LogP contribution in [0.15, 0.2) is 24.8 Å². The second-order valence-electron chi connectivity index (χ2n) is 7.23. The van der Waals surface area contributed by atoms with E-state index < -0.39 is 23.8 Å². The minimum Gasteiger partial charge on any atom is -0.464 e. The Labute approximate surface area is 165 Å². The summed E-state index contributed by atoms with van der Waals surface area (Å²) in [6.07, 6.45) is 1.23. The van der Waals surface area contributed by atoms with Gasteiger partial charge in [0.25, 0.3) is 0 Å². The number of esters is 1. The molecule has 1 N–H and O–H groups in total. The third kappa shape index (κ3) is 7.56. The standard InChI is InChI=1S/C20H29NO7/c1-6-16(27-19(25)28-20(2,3)4)9-7-8-15(23)12-21-14(13-22)10-11-17(21)18(24)26-5/h6,10-11,16,22H,1,7-9,12-13H2,2-5H3. The lowest BCUT2D eigenvalue weighted by Gasteiger charge is -2.21. The first kappa shape index (κ1) is 23.4. The van der Waals surface area contributed by atoms with E-state index in [1.165, 1.54) is 23.8 Å². The van der Waals surface area contributed by atoms with Gasteiger partial charge in [0.05, 0.1) is 20.3 Å². The van der Waals surface area contributed by atoms with Crippen molar-refractivity contribution in [2.75, 3.05) is 7.11 Å². The van der Waals surface area contributed by atoms with Gasteiger partial charge in [-0.05, 0) is 45.7 Å². The van der Waals surface area contributed by atoms with Crippen molar-refractivity contribution in [2.24, 2.45) is 0 Å². The number of aliphatic hydroxyl groups excluding tert-OH is 1. The van der Waals surface area contributed by atoms with E-state index in [-0.39, 0.29) is 31.0 Å². The molecule has 0 amide bonds. The number of hydrogen-bond donors (Lipinski definition) is 1. The van der Waals surface area contributed by atoms with Gasteiger partial charge >= 0.3 is 12.1 Å². The molecular weight excluding hydrogens is 366 g/mol. The summed E-state index contributed by atoms with van der Waals surface area (Å²) in [6.45, 7) is 8.48. The van der Waals surface area contributed by atoms with Crippen LogP contribution in [0.5, 0.6) is 0 Å². The lowest BCUT2D eigenvalue weighted by molar-refractivity contribution is -0.119. The van der Waals surface area contributed by atoms with Gasteiger partial charge in [0, 0.05) is 12.1 Å². The molecule has 1 aromatic heterocycles. The molecule has 1 aromatic rings. The normalized spacial score (nSPS) is 12.2.